The lowest BCUT2D eigenvalue weighted by Gasteiger charge is -1.97. The summed E-state index contributed by atoms with van der Waals surface area (Å²) in [6.07, 6.45) is 7.21. The van der Waals surface area contributed by atoms with Gasteiger partial charge in [-0.05, 0) is 25.0 Å². The summed E-state index contributed by atoms with van der Waals surface area (Å²) in [5.74, 6) is 1.02. The van der Waals surface area contributed by atoms with E-state index in [2.05, 4.69) is 15.5 Å². The van der Waals surface area contributed by atoms with E-state index in [1.165, 1.54) is 12.8 Å². The van der Waals surface area contributed by atoms with Gasteiger partial charge in [0.2, 0.25) is 0 Å². The van der Waals surface area contributed by atoms with Gasteiger partial charge in [-0.3, -0.25) is 0 Å². The number of hydrogen-bond donors (Lipinski definition) is 1. The van der Waals surface area contributed by atoms with Crippen molar-refractivity contribution in [3.63, 3.8) is 0 Å². The van der Waals surface area contributed by atoms with Gasteiger partial charge in [-0.1, -0.05) is 0 Å². The molecule has 0 radical (unpaired) electrons. The summed E-state index contributed by atoms with van der Waals surface area (Å²) in [5.41, 5.74) is 0. The Bertz CT molecular complexity index is 476. The van der Waals surface area contributed by atoms with E-state index >= 15 is 0 Å². The van der Waals surface area contributed by atoms with E-state index in [1.54, 1.807) is 17.6 Å². The zero-order chi connectivity index (χ0) is 12.2. The third-order valence-electron chi connectivity index (χ3n) is 3.02. The average molecular weight is 263 g/mol. The molecule has 0 unspecified atom stereocenters. The van der Waals surface area contributed by atoms with E-state index < -0.39 is 0 Å². The molecule has 18 heavy (non-hydrogen) atoms. The van der Waals surface area contributed by atoms with Crippen LogP contribution in [0.15, 0.2) is 22.8 Å². The van der Waals surface area contributed by atoms with Crippen LogP contribution >= 0.6 is 11.3 Å². The van der Waals surface area contributed by atoms with Gasteiger partial charge in [0.15, 0.2) is 0 Å². The second-order valence-electron chi connectivity index (χ2n) is 4.65. The fraction of sp³-hybridized carbons (Fsp3) is 0.538. The van der Waals surface area contributed by atoms with Gasteiger partial charge in [-0.2, -0.15) is 0 Å². The molecule has 4 nitrogen and oxygen atoms in total. The number of aryl methyl sites for hydroxylation is 2. The predicted octanol–water partition coefficient (Wildman–Crippen LogP) is 2.21. The van der Waals surface area contributed by atoms with Crippen LogP contribution < -0.4 is 5.32 Å². The smallest absolute Gasteiger partial charge is 0.118 e. The van der Waals surface area contributed by atoms with Crippen molar-refractivity contribution in [2.45, 2.75) is 38.1 Å². The monoisotopic (exact) mass is 263 g/mol. The fourth-order valence-electron chi connectivity index (χ4n) is 1.85. The lowest BCUT2D eigenvalue weighted by molar-refractivity contribution is 0.508. The summed E-state index contributed by atoms with van der Waals surface area (Å²) in [6, 6.07) is 4.70. The van der Waals surface area contributed by atoms with E-state index in [1.807, 2.05) is 12.1 Å². The number of aromatic nitrogens is 2. The molecule has 5 heteroatoms. The third-order valence-corrected chi connectivity index (χ3v) is 4.07. The number of rotatable bonds is 7. The maximum Gasteiger partial charge on any atom is 0.118 e. The molecule has 0 spiro atoms. The minimum atomic E-state index is 0.774. The van der Waals surface area contributed by atoms with Crippen molar-refractivity contribution >= 4 is 11.3 Å². The second kappa shape index (κ2) is 5.63. The van der Waals surface area contributed by atoms with Gasteiger partial charge in [0.05, 0.1) is 6.26 Å². The van der Waals surface area contributed by atoms with Gasteiger partial charge >= 0.3 is 0 Å². The summed E-state index contributed by atoms with van der Waals surface area (Å²) in [5, 5.41) is 14.2. The van der Waals surface area contributed by atoms with Gasteiger partial charge < -0.3 is 9.73 Å². The van der Waals surface area contributed by atoms with Crippen molar-refractivity contribution in [2.75, 3.05) is 6.54 Å². The van der Waals surface area contributed by atoms with Crippen LogP contribution in [0.5, 0.6) is 0 Å². The molecular formula is C13H17N3OS. The van der Waals surface area contributed by atoms with Crippen molar-refractivity contribution in [2.24, 2.45) is 0 Å². The highest BCUT2D eigenvalue weighted by Gasteiger charge is 2.19. The zero-order valence-electron chi connectivity index (χ0n) is 10.3. The minimum Gasteiger partial charge on any atom is -0.469 e. The fourth-order valence-corrected chi connectivity index (χ4v) is 2.69. The minimum absolute atomic E-state index is 0.774. The second-order valence-corrected chi connectivity index (χ2v) is 5.79. The Kier molecular flexibility index (Phi) is 3.71. The van der Waals surface area contributed by atoms with Crippen LogP contribution in [-0.4, -0.2) is 22.8 Å². The summed E-state index contributed by atoms with van der Waals surface area (Å²) in [7, 11) is 0. The van der Waals surface area contributed by atoms with E-state index in [-0.39, 0.29) is 0 Å². The van der Waals surface area contributed by atoms with Crippen LogP contribution in [0.3, 0.4) is 0 Å². The molecular weight excluding hydrogens is 246 g/mol. The number of nitrogens with zero attached hydrogens (tertiary/aromatic N) is 2. The maximum atomic E-state index is 5.31. The maximum absolute atomic E-state index is 5.31. The Morgan fingerprint density at radius 3 is 2.78 bits per heavy atom. The van der Waals surface area contributed by atoms with Crippen LogP contribution in [0.2, 0.25) is 0 Å². The first-order valence-corrected chi connectivity index (χ1v) is 7.29. The molecule has 0 aromatic carbocycles. The van der Waals surface area contributed by atoms with Crippen molar-refractivity contribution in [3.8, 4) is 0 Å². The van der Waals surface area contributed by atoms with Gasteiger partial charge in [-0.25, -0.2) is 0 Å². The third kappa shape index (κ3) is 3.40. The van der Waals surface area contributed by atoms with Gasteiger partial charge in [-0.15, -0.1) is 21.5 Å². The molecule has 1 aliphatic rings. The molecule has 2 aromatic heterocycles. The first-order chi connectivity index (χ1) is 8.90. The first kappa shape index (κ1) is 11.9. The number of nitrogens with one attached hydrogen (secondary N) is 1. The van der Waals surface area contributed by atoms with E-state index in [4.69, 9.17) is 4.42 Å². The van der Waals surface area contributed by atoms with E-state index in [0.717, 1.165) is 47.6 Å². The van der Waals surface area contributed by atoms with Crippen molar-refractivity contribution in [1.29, 1.82) is 0 Å². The molecule has 0 bridgehead atoms. The van der Waals surface area contributed by atoms with E-state index in [9.17, 15) is 0 Å². The van der Waals surface area contributed by atoms with Crippen molar-refractivity contribution in [1.82, 2.24) is 15.5 Å². The lowest BCUT2D eigenvalue weighted by atomic mass is 10.2. The molecule has 0 amide bonds. The Labute approximate surface area is 110 Å². The van der Waals surface area contributed by atoms with Gasteiger partial charge in [0.25, 0.3) is 0 Å². The normalized spacial score (nSPS) is 15.1. The Balaban J connectivity index is 1.43. The van der Waals surface area contributed by atoms with Crippen LogP contribution in [0.4, 0.5) is 0 Å². The van der Waals surface area contributed by atoms with Gasteiger partial charge in [0, 0.05) is 31.8 Å². The quantitative estimate of drug-likeness (QED) is 0.832. The molecule has 1 saturated carbocycles. The average Bonchev–Trinajstić information content (AvgIpc) is 2.90. The zero-order valence-corrected chi connectivity index (χ0v) is 11.1. The van der Waals surface area contributed by atoms with Crippen molar-refractivity contribution < 1.29 is 4.42 Å². The Morgan fingerprint density at radius 2 is 2.06 bits per heavy atom. The highest BCUT2D eigenvalue weighted by molar-refractivity contribution is 7.11. The summed E-state index contributed by atoms with van der Waals surface area (Å²) >= 11 is 1.72. The Morgan fingerprint density at radius 1 is 1.22 bits per heavy atom. The topological polar surface area (TPSA) is 51.0 Å². The molecule has 1 N–H and O–H groups in total. The molecule has 3 rings (SSSR count). The van der Waals surface area contributed by atoms with Crippen LogP contribution in [0, 0.1) is 0 Å². The van der Waals surface area contributed by atoms with Crippen LogP contribution in [0.25, 0.3) is 0 Å². The molecule has 0 aliphatic heterocycles. The van der Waals surface area contributed by atoms with Crippen LogP contribution in [0.1, 0.15) is 28.6 Å². The summed E-state index contributed by atoms with van der Waals surface area (Å²) in [4.78, 5) is 0. The highest BCUT2D eigenvalue weighted by atomic mass is 32.1. The van der Waals surface area contributed by atoms with E-state index in [0.29, 0.717) is 0 Å². The molecule has 1 fully saturated rings. The van der Waals surface area contributed by atoms with Crippen LogP contribution in [-0.2, 0) is 19.3 Å². The molecule has 2 aromatic rings. The lowest BCUT2D eigenvalue weighted by Crippen LogP contribution is -2.19. The SMILES string of the molecule is c1coc(CCc2nnc(CCNC3CC3)s2)c1. The summed E-state index contributed by atoms with van der Waals surface area (Å²) in [6.45, 7) is 1.03. The highest BCUT2D eigenvalue weighted by Crippen LogP contribution is 2.19. The largest absolute Gasteiger partial charge is 0.469 e. The number of hydrogen-bond acceptors (Lipinski definition) is 5. The molecule has 1 aliphatic carbocycles. The van der Waals surface area contributed by atoms with Crippen molar-refractivity contribution in [3.05, 3.63) is 34.2 Å². The number of furan rings is 1. The molecule has 0 saturated heterocycles. The molecule has 0 atom stereocenters. The first-order valence-electron chi connectivity index (χ1n) is 6.47. The van der Waals surface area contributed by atoms with Gasteiger partial charge in [0.1, 0.15) is 15.8 Å². The standard InChI is InChI=1S/C13H17N3OS/c1-2-11(17-9-1)5-6-12-15-16-13(18-12)7-8-14-10-3-4-10/h1-2,9-10,14H,3-8H2. The molecule has 96 valence electrons. The Hall–Kier alpha value is -1.20. The predicted molar refractivity (Wildman–Crippen MR) is 70.8 cm³/mol. The summed E-state index contributed by atoms with van der Waals surface area (Å²) < 4.78 is 5.31. The molecule has 2 heterocycles.